The van der Waals surface area contributed by atoms with Crippen LogP contribution in [0.1, 0.15) is 11.1 Å². The summed E-state index contributed by atoms with van der Waals surface area (Å²) in [5.74, 6) is 0.676. The number of amides is 1. The van der Waals surface area contributed by atoms with E-state index in [1.54, 1.807) is 7.05 Å². The minimum atomic E-state index is 0. The molecule has 0 aliphatic carbocycles. The number of nitrogens with one attached hydrogen (secondary N) is 2. The van der Waals surface area contributed by atoms with E-state index in [1.807, 2.05) is 47.4 Å². The molecule has 144 valence electrons. The van der Waals surface area contributed by atoms with Crippen LogP contribution in [0, 0.1) is 0 Å². The lowest BCUT2D eigenvalue weighted by Crippen LogP contribution is -2.44. The molecule has 2 aromatic rings. The lowest BCUT2D eigenvalue weighted by molar-refractivity contribution is -0.117. The third kappa shape index (κ3) is 5.84. The van der Waals surface area contributed by atoms with E-state index in [-0.39, 0.29) is 36.4 Å². The highest BCUT2D eigenvalue weighted by Gasteiger charge is 2.23. The largest absolute Gasteiger partial charge is 0.356 e. The Balaban J connectivity index is 0.00000261. The lowest BCUT2D eigenvalue weighted by Gasteiger charge is -2.18. The number of carbonyl (C=O) groups excluding carboxylic acids is 1. The third-order valence-electron chi connectivity index (χ3n) is 4.44. The zero-order valence-electron chi connectivity index (χ0n) is 15.2. The summed E-state index contributed by atoms with van der Waals surface area (Å²) < 4.78 is 0. The van der Waals surface area contributed by atoms with Crippen molar-refractivity contribution in [2.45, 2.75) is 12.8 Å². The zero-order valence-corrected chi connectivity index (χ0v) is 18.3. The highest BCUT2D eigenvalue weighted by molar-refractivity contribution is 14.0. The molecule has 7 heteroatoms. The average Bonchev–Trinajstić information content (AvgIpc) is 3.10. The third-order valence-corrected chi connectivity index (χ3v) is 4.69. The van der Waals surface area contributed by atoms with Gasteiger partial charge in [0.2, 0.25) is 5.91 Å². The number of hydrogen-bond donors (Lipinski definition) is 2. The Morgan fingerprint density at radius 1 is 1.15 bits per heavy atom. The Labute approximate surface area is 182 Å². The Morgan fingerprint density at radius 3 is 2.63 bits per heavy atom. The molecule has 0 atom stereocenters. The summed E-state index contributed by atoms with van der Waals surface area (Å²) in [4.78, 5) is 18.5. The van der Waals surface area contributed by atoms with E-state index in [2.05, 4.69) is 21.7 Å². The Hall–Kier alpha value is -1.80. The Morgan fingerprint density at radius 2 is 1.89 bits per heavy atom. The number of rotatable bonds is 5. The number of hydrogen-bond acceptors (Lipinski definition) is 2. The normalized spacial score (nSPS) is 13.0. The quantitative estimate of drug-likeness (QED) is 0.378. The molecular weight excluding hydrogens is 475 g/mol. The lowest BCUT2D eigenvalue weighted by atomic mass is 10.1. The van der Waals surface area contributed by atoms with E-state index in [0.29, 0.717) is 5.96 Å². The van der Waals surface area contributed by atoms with Gasteiger partial charge >= 0.3 is 0 Å². The second kappa shape index (κ2) is 10.5. The fourth-order valence-electron chi connectivity index (χ4n) is 3.05. The number of para-hydroxylation sites is 1. The van der Waals surface area contributed by atoms with Gasteiger partial charge in [-0.15, -0.1) is 24.0 Å². The molecule has 0 fully saturated rings. The van der Waals surface area contributed by atoms with E-state index >= 15 is 0 Å². The van der Waals surface area contributed by atoms with Crippen molar-refractivity contribution in [3.05, 3.63) is 64.7 Å². The SMILES string of the molecule is CN=C(NCCc1ccc(Cl)cc1)NCC(=O)N1CCc2ccccc21.I. The molecule has 1 aliphatic heterocycles. The van der Waals surface area contributed by atoms with Crippen LogP contribution in [0.3, 0.4) is 0 Å². The number of aliphatic imine (C=N–C) groups is 1. The molecule has 0 spiro atoms. The molecule has 0 unspecified atom stereocenters. The first-order valence-electron chi connectivity index (χ1n) is 8.74. The van der Waals surface area contributed by atoms with Crippen molar-refractivity contribution in [1.29, 1.82) is 0 Å². The van der Waals surface area contributed by atoms with Crippen molar-refractivity contribution in [1.82, 2.24) is 10.6 Å². The van der Waals surface area contributed by atoms with Crippen molar-refractivity contribution >= 4 is 53.1 Å². The maximum Gasteiger partial charge on any atom is 0.246 e. The molecule has 27 heavy (non-hydrogen) atoms. The first-order valence-corrected chi connectivity index (χ1v) is 9.12. The molecule has 2 aromatic carbocycles. The van der Waals surface area contributed by atoms with Gasteiger partial charge in [0.1, 0.15) is 0 Å². The summed E-state index contributed by atoms with van der Waals surface area (Å²) in [5.41, 5.74) is 3.44. The zero-order chi connectivity index (χ0) is 18.4. The number of guanidine groups is 1. The predicted molar refractivity (Wildman–Crippen MR) is 122 cm³/mol. The molecule has 1 heterocycles. The molecule has 1 amide bonds. The van der Waals surface area contributed by atoms with E-state index in [4.69, 9.17) is 11.6 Å². The maximum absolute atomic E-state index is 12.5. The fraction of sp³-hybridized carbons (Fsp3) is 0.300. The van der Waals surface area contributed by atoms with Gasteiger partial charge < -0.3 is 15.5 Å². The van der Waals surface area contributed by atoms with Crippen molar-refractivity contribution in [3.63, 3.8) is 0 Å². The highest BCUT2D eigenvalue weighted by Crippen LogP contribution is 2.27. The molecule has 0 saturated heterocycles. The van der Waals surface area contributed by atoms with Crippen molar-refractivity contribution in [2.75, 3.05) is 31.6 Å². The fourth-order valence-corrected chi connectivity index (χ4v) is 3.17. The molecule has 5 nitrogen and oxygen atoms in total. The maximum atomic E-state index is 12.5. The first-order chi connectivity index (χ1) is 12.7. The molecule has 1 aliphatic rings. The second-order valence-electron chi connectivity index (χ2n) is 6.15. The van der Waals surface area contributed by atoms with Gasteiger partial charge in [0.25, 0.3) is 0 Å². The van der Waals surface area contributed by atoms with Crippen LogP contribution >= 0.6 is 35.6 Å². The number of carbonyl (C=O) groups is 1. The van der Waals surface area contributed by atoms with Crippen LogP contribution in [0.15, 0.2) is 53.5 Å². The Bertz CT molecular complexity index is 795. The average molecular weight is 499 g/mol. The van der Waals surface area contributed by atoms with Crippen molar-refractivity contribution in [3.8, 4) is 0 Å². The molecule has 3 rings (SSSR count). The number of fused-ring (bicyclic) bond motifs is 1. The van der Waals surface area contributed by atoms with Crippen molar-refractivity contribution in [2.24, 2.45) is 4.99 Å². The van der Waals surface area contributed by atoms with Crippen molar-refractivity contribution < 1.29 is 4.79 Å². The van der Waals surface area contributed by atoms with Crippen LogP contribution in [0.4, 0.5) is 5.69 Å². The predicted octanol–water partition coefficient (Wildman–Crippen LogP) is 3.25. The van der Waals surface area contributed by atoms with E-state index in [1.165, 1.54) is 11.1 Å². The highest BCUT2D eigenvalue weighted by atomic mass is 127. The molecule has 0 bridgehead atoms. The number of anilines is 1. The molecule has 0 radical (unpaired) electrons. The standard InChI is InChI=1S/C20H23ClN4O.HI/c1-22-20(23-12-10-15-6-8-17(21)9-7-15)24-14-19(26)25-13-11-16-4-2-3-5-18(16)25;/h2-9H,10-14H2,1H3,(H2,22,23,24);1H. The number of halogens is 2. The van der Waals surface area contributed by atoms with E-state index in [9.17, 15) is 4.79 Å². The summed E-state index contributed by atoms with van der Waals surface area (Å²) in [6.07, 6.45) is 1.77. The van der Waals surface area contributed by atoms with Crippen LogP contribution in [0.5, 0.6) is 0 Å². The van der Waals surface area contributed by atoms with Gasteiger partial charge in [0.15, 0.2) is 5.96 Å². The van der Waals surface area contributed by atoms with Gasteiger partial charge in [-0.05, 0) is 42.2 Å². The van der Waals surface area contributed by atoms with Crippen LogP contribution < -0.4 is 15.5 Å². The van der Waals surface area contributed by atoms with Crippen LogP contribution in [-0.2, 0) is 17.6 Å². The summed E-state index contributed by atoms with van der Waals surface area (Å²) in [7, 11) is 1.70. The Kier molecular flexibility index (Phi) is 8.37. The minimum Gasteiger partial charge on any atom is -0.356 e. The van der Waals surface area contributed by atoms with Crippen LogP contribution in [-0.4, -0.2) is 38.5 Å². The van der Waals surface area contributed by atoms with E-state index in [0.717, 1.165) is 36.6 Å². The van der Waals surface area contributed by atoms with Gasteiger partial charge in [0, 0.05) is 30.8 Å². The summed E-state index contributed by atoms with van der Waals surface area (Å²) in [5, 5.41) is 7.07. The van der Waals surface area contributed by atoms with Gasteiger partial charge in [0.05, 0.1) is 6.54 Å². The van der Waals surface area contributed by atoms with Crippen LogP contribution in [0.25, 0.3) is 0 Å². The number of benzene rings is 2. The monoisotopic (exact) mass is 498 g/mol. The summed E-state index contributed by atoms with van der Waals surface area (Å²) in [6.45, 7) is 1.68. The second-order valence-corrected chi connectivity index (χ2v) is 6.59. The van der Waals surface area contributed by atoms with Gasteiger partial charge in [-0.1, -0.05) is 41.9 Å². The summed E-state index contributed by atoms with van der Waals surface area (Å²) in [6, 6.07) is 15.8. The molecule has 2 N–H and O–H groups in total. The first kappa shape index (κ1) is 21.5. The minimum absolute atomic E-state index is 0. The molecule has 0 saturated carbocycles. The smallest absolute Gasteiger partial charge is 0.246 e. The van der Waals surface area contributed by atoms with Gasteiger partial charge in [-0.25, -0.2) is 0 Å². The van der Waals surface area contributed by atoms with Gasteiger partial charge in [-0.2, -0.15) is 0 Å². The van der Waals surface area contributed by atoms with Crippen LogP contribution in [0.2, 0.25) is 5.02 Å². The summed E-state index contributed by atoms with van der Waals surface area (Å²) >= 11 is 5.89. The number of nitrogens with zero attached hydrogens (tertiary/aromatic N) is 2. The van der Waals surface area contributed by atoms with Gasteiger partial charge in [-0.3, -0.25) is 9.79 Å². The topological polar surface area (TPSA) is 56.7 Å². The molecular formula is C20H24ClIN4O. The molecule has 0 aromatic heterocycles. The van der Waals surface area contributed by atoms with E-state index < -0.39 is 0 Å².